The highest BCUT2D eigenvalue weighted by atomic mass is 16.2. The van der Waals surface area contributed by atoms with Crippen molar-refractivity contribution in [1.29, 1.82) is 0 Å². The molecule has 0 aromatic heterocycles. The molecule has 2 nitrogen and oxygen atoms in total. The SMILES string of the molecule is C=C(C)[C@@H]1CCC(C)(C)C(=O)/C1=C\O. The van der Waals surface area contributed by atoms with Gasteiger partial charge in [-0.2, -0.15) is 0 Å². The number of carbonyl (C=O) groups excluding carboxylic acids is 1. The number of ketones is 1. The quantitative estimate of drug-likeness (QED) is 0.396. The molecule has 1 saturated carbocycles. The van der Waals surface area contributed by atoms with Crippen LogP contribution in [0, 0.1) is 11.3 Å². The third-order valence-corrected chi connectivity index (χ3v) is 3.04. The Kier molecular flexibility index (Phi) is 2.84. The number of Topliss-reactive ketones (excluding diaryl/α,β-unsaturated/α-hetero) is 1. The molecular formula is C12H18O2. The Morgan fingerprint density at radius 3 is 2.64 bits per heavy atom. The van der Waals surface area contributed by atoms with E-state index < -0.39 is 0 Å². The summed E-state index contributed by atoms with van der Waals surface area (Å²) in [5.74, 6) is 0.0970. The predicted molar refractivity (Wildman–Crippen MR) is 57.0 cm³/mol. The number of hydrogen-bond donors (Lipinski definition) is 1. The van der Waals surface area contributed by atoms with Crippen LogP contribution in [-0.2, 0) is 4.79 Å². The van der Waals surface area contributed by atoms with Crippen LogP contribution in [0.1, 0.15) is 33.6 Å². The summed E-state index contributed by atoms with van der Waals surface area (Å²) in [6, 6.07) is 0. The highest BCUT2D eigenvalue weighted by Crippen LogP contribution is 2.40. The molecule has 0 amide bonds. The molecular weight excluding hydrogens is 176 g/mol. The smallest absolute Gasteiger partial charge is 0.168 e. The van der Waals surface area contributed by atoms with E-state index in [9.17, 15) is 4.79 Å². The standard InChI is InChI=1S/C12H18O2/c1-8(2)9-5-6-12(3,4)11(14)10(9)7-13/h7,9,13H,1,5-6H2,2-4H3/b10-7-/t9-/m0/s1. The number of hydrogen-bond acceptors (Lipinski definition) is 2. The molecule has 0 aromatic carbocycles. The fourth-order valence-corrected chi connectivity index (χ4v) is 1.98. The predicted octanol–water partition coefficient (Wildman–Crippen LogP) is 3.01. The highest BCUT2D eigenvalue weighted by Gasteiger charge is 2.39. The summed E-state index contributed by atoms with van der Waals surface area (Å²) < 4.78 is 0. The van der Waals surface area contributed by atoms with Crippen LogP contribution in [0.4, 0.5) is 0 Å². The third-order valence-electron chi connectivity index (χ3n) is 3.04. The first-order valence-electron chi connectivity index (χ1n) is 4.94. The Hall–Kier alpha value is -1.05. The molecule has 1 rings (SSSR count). The maximum absolute atomic E-state index is 11.9. The maximum atomic E-state index is 11.9. The summed E-state index contributed by atoms with van der Waals surface area (Å²) in [5.41, 5.74) is 1.14. The summed E-state index contributed by atoms with van der Waals surface area (Å²) in [5, 5.41) is 9.09. The molecule has 78 valence electrons. The van der Waals surface area contributed by atoms with E-state index in [0.29, 0.717) is 5.57 Å². The van der Waals surface area contributed by atoms with Crippen molar-refractivity contribution in [2.24, 2.45) is 11.3 Å². The van der Waals surface area contributed by atoms with Gasteiger partial charge in [0.15, 0.2) is 5.78 Å². The largest absolute Gasteiger partial charge is 0.515 e. The van der Waals surface area contributed by atoms with Gasteiger partial charge in [0, 0.05) is 16.9 Å². The number of rotatable bonds is 1. The minimum Gasteiger partial charge on any atom is -0.515 e. The van der Waals surface area contributed by atoms with E-state index >= 15 is 0 Å². The number of aliphatic hydroxyl groups excluding tert-OH is 1. The second-order valence-corrected chi connectivity index (χ2v) is 4.74. The lowest BCUT2D eigenvalue weighted by Gasteiger charge is -2.34. The van der Waals surface area contributed by atoms with Crippen LogP contribution >= 0.6 is 0 Å². The first-order chi connectivity index (χ1) is 6.40. The molecule has 2 heteroatoms. The van der Waals surface area contributed by atoms with Crippen LogP contribution in [-0.4, -0.2) is 10.9 Å². The second kappa shape index (κ2) is 3.60. The highest BCUT2D eigenvalue weighted by molar-refractivity contribution is 6.00. The summed E-state index contributed by atoms with van der Waals surface area (Å²) >= 11 is 0. The van der Waals surface area contributed by atoms with E-state index in [-0.39, 0.29) is 17.1 Å². The van der Waals surface area contributed by atoms with Gasteiger partial charge >= 0.3 is 0 Å². The summed E-state index contributed by atoms with van der Waals surface area (Å²) in [4.78, 5) is 11.9. The average Bonchev–Trinajstić information content (AvgIpc) is 2.09. The van der Waals surface area contributed by atoms with Gasteiger partial charge in [-0.3, -0.25) is 4.79 Å². The van der Waals surface area contributed by atoms with Gasteiger partial charge in [-0.15, -0.1) is 0 Å². The molecule has 1 fully saturated rings. The monoisotopic (exact) mass is 194 g/mol. The Morgan fingerprint density at radius 1 is 1.64 bits per heavy atom. The topological polar surface area (TPSA) is 37.3 Å². The van der Waals surface area contributed by atoms with Gasteiger partial charge in [-0.25, -0.2) is 0 Å². The van der Waals surface area contributed by atoms with Gasteiger partial charge in [0.05, 0.1) is 6.26 Å². The number of carbonyl (C=O) groups is 1. The lowest BCUT2D eigenvalue weighted by Crippen LogP contribution is -2.34. The summed E-state index contributed by atoms with van der Waals surface area (Å²) in [6.07, 6.45) is 2.73. The Morgan fingerprint density at radius 2 is 2.21 bits per heavy atom. The molecule has 1 N–H and O–H groups in total. The number of allylic oxidation sites excluding steroid dienone is 2. The fourth-order valence-electron chi connectivity index (χ4n) is 1.98. The molecule has 1 atom stereocenters. The van der Waals surface area contributed by atoms with Gasteiger partial charge in [0.2, 0.25) is 0 Å². The van der Waals surface area contributed by atoms with Crippen molar-refractivity contribution in [3.63, 3.8) is 0 Å². The molecule has 14 heavy (non-hydrogen) atoms. The molecule has 0 radical (unpaired) electrons. The molecule has 0 unspecified atom stereocenters. The van der Waals surface area contributed by atoms with Crippen molar-refractivity contribution < 1.29 is 9.90 Å². The van der Waals surface area contributed by atoms with E-state index in [4.69, 9.17) is 5.11 Å². The van der Waals surface area contributed by atoms with E-state index in [0.717, 1.165) is 24.7 Å². The van der Waals surface area contributed by atoms with Crippen LogP contribution in [0.25, 0.3) is 0 Å². The molecule has 0 spiro atoms. The van der Waals surface area contributed by atoms with Crippen molar-refractivity contribution in [2.45, 2.75) is 33.6 Å². The van der Waals surface area contributed by atoms with Gasteiger partial charge in [0.1, 0.15) is 0 Å². The molecule has 0 saturated heterocycles. The summed E-state index contributed by atoms with van der Waals surface area (Å²) in [6.45, 7) is 9.61. The van der Waals surface area contributed by atoms with Gasteiger partial charge in [0.25, 0.3) is 0 Å². The van der Waals surface area contributed by atoms with E-state index in [1.807, 2.05) is 20.8 Å². The van der Waals surface area contributed by atoms with Crippen molar-refractivity contribution in [1.82, 2.24) is 0 Å². The van der Waals surface area contributed by atoms with Crippen LogP contribution in [0.3, 0.4) is 0 Å². The van der Waals surface area contributed by atoms with Crippen LogP contribution in [0.5, 0.6) is 0 Å². The van der Waals surface area contributed by atoms with Crippen molar-refractivity contribution in [2.75, 3.05) is 0 Å². The van der Waals surface area contributed by atoms with Crippen LogP contribution < -0.4 is 0 Å². The molecule has 0 bridgehead atoms. The molecule has 0 aromatic rings. The lowest BCUT2D eigenvalue weighted by atomic mass is 9.68. The van der Waals surface area contributed by atoms with E-state index in [1.165, 1.54) is 0 Å². The third kappa shape index (κ3) is 1.74. The minimum atomic E-state index is -0.333. The minimum absolute atomic E-state index is 0.0422. The first-order valence-corrected chi connectivity index (χ1v) is 4.94. The average molecular weight is 194 g/mol. The fraction of sp³-hybridized carbons (Fsp3) is 0.583. The first kappa shape index (κ1) is 11.0. The van der Waals surface area contributed by atoms with Crippen LogP contribution in [0.15, 0.2) is 24.0 Å². The van der Waals surface area contributed by atoms with Crippen LogP contribution in [0.2, 0.25) is 0 Å². The zero-order chi connectivity index (χ0) is 10.9. The van der Waals surface area contributed by atoms with E-state index in [2.05, 4.69) is 6.58 Å². The van der Waals surface area contributed by atoms with Gasteiger partial charge in [-0.05, 0) is 19.8 Å². The Bertz CT molecular complexity index is 297. The molecule has 1 aliphatic carbocycles. The van der Waals surface area contributed by atoms with E-state index in [1.54, 1.807) is 0 Å². The summed E-state index contributed by atoms with van der Waals surface area (Å²) in [7, 11) is 0. The molecule has 0 aliphatic heterocycles. The normalized spacial score (nSPS) is 29.2. The maximum Gasteiger partial charge on any atom is 0.168 e. The Labute approximate surface area is 85.3 Å². The zero-order valence-corrected chi connectivity index (χ0v) is 9.13. The van der Waals surface area contributed by atoms with Gasteiger partial charge < -0.3 is 5.11 Å². The molecule has 0 heterocycles. The van der Waals surface area contributed by atoms with Crippen molar-refractivity contribution in [3.8, 4) is 0 Å². The van der Waals surface area contributed by atoms with Crippen molar-refractivity contribution in [3.05, 3.63) is 24.0 Å². The van der Waals surface area contributed by atoms with Gasteiger partial charge in [-0.1, -0.05) is 26.0 Å². The number of aliphatic hydroxyl groups is 1. The van der Waals surface area contributed by atoms with Crippen molar-refractivity contribution >= 4 is 5.78 Å². The molecule has 1 aliphatic rings. The lowest BCUT2D eigenvalue weighted by molar-refractivity contribution is -0.125. The Balaban J connectivity index is 3.02. The zero-order valence-electron chi connectivity index (χ0n) is 9.13. The second-order valence-electron chi connectivity index (χ2n) is 4.74.